The van der Waals surface area contributed by atoms with E-state index in [0.717, 1.165) is 0 Å². The van der Waals surface area contributed by atoms with Gasteiger partial charge >= 0.3 is 5.97 Å². The van der Waals surface area contributed by atoms with Gasteiger partial charge in [-0.1, -0.05) is 51.1 Å². The predicted molar refractivity (Wildman–Crippen MR) is 113 cm³/mol. The summed E-state index contributed by atoms with van der Waals surface area (Å²) in [5.41, 5.74) is 0.822. The zero-order valence-electron chi connectivity index (χ0n) is 17.5. The maximum absolute atomic E-state index is 13.1. The molecule has 1 aliphatic rings. The molecule has 0 fully saturated rings. The van der Waals surface area contributed by atoms with Crippen LogP contribution < -0.4 is 4.90 Å². The third-order valence-corrected chi connectivity index (χ3v) is 4.91. The summed E-state index contributed by atoms with van der Waals surface area (Å²) in [5, 5.41) is 10.7. The Morgan fingerprint density at radius 1 is 1.03 bits per heavy atom. The van der Waals surface area contributed by atoms with Crippen LogP contribution in [0.15, 0.2) is 65.9 Å². The molecule has 6 heteroatoms. The van der Waals surface area contributed by atoms with Crippen LogP contribution >= 0.6 is 0 Å². The topological polar surface area (TPSA) is 83.9 Å². The van der Waals surface area contributed by atoms with Gasteiger partial charge in [0.15, 0.2) is 11.5 Å². The van der Waals surface area contributed by atoms with Crippen LogP contribution in [0.3, 0.4) is 0 Å². The first-order valence-electron chi connectivity index (χ1n) is 9.80. The zero-order chi connectivity index (χ0) is 22.1. The molecule has 156 valence electrons. The third kappa shape index (κ3) is 3.85. The average molecular weight is 407 g/mol. The van der Waals surface area contributed by atoms with Crippen LogP contribution in [0.5, 0.6) is 0 Å². The van der Waals surface area contributed by atoms with Gasteiger partial charge in [0.25, 0.3) is 5.91 Å². The van der Waals surface area contributed by atoms with E-state index in [1.807, 2.05) is 30.3 Å². The number of esters is 1. The molecule has 1 heterocycles. The van der Waals surface area contributed by atoms with E-state index in [1.54, 1.807) is 52.0 Å². The number of anilines is 1. The second-order valence-corrected chi connectivity index (χ2v) is 8.10. The lowest BCUT2D eigenvalue weighted by Gasteiger charge is -2.29. The van der Waals surface area contributed by atoms with Gasteiger partial charge < -0.3 is 9.84 Å². The lowest BCUT2D eigenvalue weighted by atomic mass is 9.82. The summed E-state index contributed by atoms with van der Waals surface area (Å²) in [6, 6.07) is 14.7. The Morgan fingerprint density at radius 2 is 1.63 bits per heavy atom. The molecule has 3 rings (SSSR count). The Morgan fingerprint density at radius 3 is 2.17 bits per heavy atom. The highest BCUT2D eigenvalue weighted by molar-refractivity contribution is 6.17. The van der Waals surface area contributed by atoms with E-state index in [0.29, 0.717) is 16.8 Å². The molecular formula is C24H25NO5. The number of hydrogen-bond donors (Lipinski definition) is 1. The molecule has 0 bridgehead atoms. The lowest BCUT2D eigenvalue weighted by molar-refractivity contribution is -0.123. The minimum Gasteiger partial charge on any atom is -0.503 e. The van der Waals surface area contributed by atoms with Crippen molar-refractivity contribution in [1.82, 2.24) is 0 Å². The first-order chi connectivity index (χ1) is 14.2. The Labute approximate surface area is 175 Å². The molecule has 1 amide bonds. The number of Topliss-reactive ketones (excluding diaryl/α,β-unsaturated/α-hetero) is 1. The number of ether oxygens (including phenoxy) is 1. The summed E-state index contributed by atoms with van der Waals surface area (Å²) in [4.78, 5) is 39.5. The maximum atomic E-state index is 13.1. The second kappa shape index (κ2) is 8.14. The van der Waals surface area contributed by atoms with E-state index in [-0.39, 0.29) is 18.0 Å². The van der Waals surface area contributed by atoms with Crippen molar-refractivity contribution >= 4 is 23.3 Å². The number of aliphatic hydroxyl groups is 1. The minimum absolute atomic E-state index is 0.0770. The van der Waals surface area contributed by atoms with Crippen LogP contribution in [0.2, 0.25) is 0 Å². The molecule has 0 saturated heterocycles. The summed E-state index contributed by atoms with van der Waals surface area (Å²) in [6.45, 7) is 7.23. The molecule has 0 saturated carbocycles. The maximum Gasteiger partial charge on any atom is 0.338 e. The summed E-state index contributed by atoms with van der Waals surface area (Å²) >= 11 is 0. The summed E-state index contributed by atoms with van der Waals surface area (Å²) in [6.07, 6.45) is 0. The van der Waals surface area contributed by atoms with Crippen LogP contribution in [0, 0.1) is 5.41 Å². The molecule has 0 radical (unpaired) electrons. The van der Waals surface area contributed by atoms with Crippen molar-refractivity contribution in [2.24, 2.45) is 5.41 Å². The predicted octanol–water partition coefficient (Wildman–Crippen LogP) is 4.38. The standard InChI is InChI=1S/C24H25NO5/c1-5-30-23(29)16-11-13-17(14-12-16)25-19(15-9-7-6-8-10-15)18(20(26)22(25)28)21(27)24(2,3)4/h6-14,19,26H,5H2,1-4H3. The Balaban J connectivity index is 2.09. The Bertz CT molecular complexity index is 1000. The SMILES string of the molecule is CCOC(=O)c1ccc(N2C(=O)C(O)=C(C(=O)C(C)(C)C)C2c2ccccc2)cc1. The van der Waals surface area contributed by atoms with Gasteiger partial charge in [-0.25, -0.2) is 4.79 Å². The average Bonchev–Trinajstić information content (AvgIpc) is 2.98. The number of aliphatic hydroxyl groups excluding tert-OH is 1. The monoisotopic (exact) mass is 407 g/mol. The molecule has 2 aromatic carbocycles. The van der Waals surface area contributed by atoms with Gasteiger partial charge in [0, 0.05) is 11.1 Å². The fourth-order valence-electron chi connectivity index (χ4n) is 3.43. The summed E-state index contributed by atoms with van der Waals surface area (Å²) in [5.74, 6) is -1.95. The molecule has 1 atom stereocenters. The van der Waals surface area contributed by atoms with Crippen molar-refractivity contribution in [3.05, 3.63) is 77.1 Å². The molecule has 0 spiro atoms. The number of hydrogen-bond acceptors (Lipinski definition) is 5. The molecule has 1 aliphatic heterocycles. The van der Waals surface area contributed by atoms with E-state index in [9.17, 15) is 19.5 Å². The minimum atomic E-state index is -0.777. The fraction of sp³-hybridized carbons (Fsp3) is 0.292. The number of amides is 1. The van der Waals surface area contributed by atoms with E-state index in [2.05, 4.69) is 0 Å². The van der Waals surface area contributed by atoms with Crippen LogP contribution in [0.1, 0.15) is 49.7 Å². The molecule has 6 nitrogen and oxygen atoms in total. The summed E-state index contributed by atoms with van der Waals surface area (Å²) in [7, 11) is 0. The van der Waals surface area contributed by atoms with Crippen molar-refractivity contribution in [2.75, 3.05) is 11.5 Å². The number of ketones is 1. The number of nitrogens with zero attached hydrogens (tertiary/aromatic N) is 1. The largest absolute Gasteiger partial charge is 0.503 e. The van der Waals surface area contributed by atoms with Crippen LogP contribution in [-0.2, 0) is 14.3 Å². The molecule has 30 heavy (non-hydrogen) atoms. The van der Waals surface area contributed by atoms with E-state index in [1.165, 1.54) is 4.90 Å². The van der Waals surface area contributed by atoms with Crippen molar-refractivity contribution in [3.8, 4) is 0 Å². The molecule has 0 aliphatic carbocycles. The zero-order valence-corrected chi connectivity index (χ0v) is 17.5. The van der Waals surface area contributed by atoms with Gasteiger partial charge in [-0.05, 0) is 36.8 Å². The van der Waals surface area contributed by atoms with Gasteiger partial charge in [0.05, 0.1) is 23.8 Å². The highest BCUT2D eigenvalue weighted by Gasteiger charge is 2.46. The molecule has 2 aromatic rings. The number of benzene rings is 2. The van der Waals surface area contributed by atoms with Gasteiger partial charge in [-0.15, -0.1) is 0 Å². The number of rotatable bonds is 5. The van der Waals surface area contributed by atoms with E-state index >= 15 is 0 Å². The molecule has 1 unspecified atom stereocenters. The first-order valence-corrected chi connectivity index (χ1v) is 9.80. The normalized spacial score (nSPS) is 16.7. The lowest BCUT2D eigenvalue weighted by Crippen LogP contribution is -2.32. The van der Waals surface area contributed by atoms with Gasteiger partial charge in [-0.2, -0.15) is 0 Å². The second-order valence-electron chi connectivity index (χ2n) is 8.10. The van der Waals surface area contributed by atoms with Crippen molar-refractivity contribution < 1.29 is 24.2 Å². The van der Waals surface area contributed by atoms with Crippen LogP contribution in [0.4, 0.5) is 5.69 Å². The van der Waals surface area contributed by atoms with Gasteiger partial charge in [0.2, 0.25) is 0 Å². The quantitative estimate of drug-likeness (QED) is 0.744. The van der Waals surface area contributed by atoms with Gasteiger partial charge in [0.1, 0.15) is 0 Å². The highest BCUT2D eigenvalue weighted by Crippen LogP contribution is 2.43. The smallest absolute Gasteiger partial charge is 0.338 e. The summed E-state index contributed by atoms with van der Waals surface area (Å²) < 4.78 is 5.00. The van der Waals surface area contributed by atoms with Crippen LogP contribution in [0.25, 0.3) is 0 Å². The van der Waals surface area contributed by atoms with Gasteiger partial charge in [-0.3, -0.25) is 14.5 Å². The van der Waals surface area contributed by atoms with E-state index < -0.39 is 29.1 Å². The van der Waals surface area contributed by atoms with Crippen molar-refractivity contribution in [2.45, 2.75) is 33.7 Å². The fourth-order valence-corrected chi connectivity index (χ4v) is 3.43. The molecule has 1 N–H and O–H groups in total. The van der Waals surface area contributed by atoms with Crippen molar-refractivity contribution in [3.63, 3.8) is 0 Å². The molecular weight excluding hydrogens is 382 g/mol. The van der Waals surface area contributed by atoms with Crippen LogP contribution in [-0.4, -0.2) is 29.4 Å². The van der Waals surface area contributed by atoms with E-state index in [4.69, 9.17) is 4.74 Å². The Kier molecular flexibility index (Phi) is 5.78. The molecule has 0 aromatic heterocycles. The highest BCUT2D eigenvalue weighted by atomic mass is 16.5. The number of carbonyl (C=O) groups excluding carboxylic acids is 3. The Hall–Kier alpha value is -3.41. The van der Waals surface area contributed by atoms with Crippen molar-refractivity contribution in [1.29, 1.82) is 0 Å². The number of carbonyl (C=O) groups is 3. The first kappa shape index (κ1) is 21.3. The third-order valence-electron chi connectivity index (χ3n) is 4.91.